The number of hydrogen-bond acceptors (Lipinski definition) is 2. The molecule has 0 aliphatic heterocycles. The summed E-state index contributed by atoms with van der Waals surface area (Å²) in [5, 5.41) is 6.75. The molecule has 1 amide bonds. The highest BCUT2D eigenvalue weighted by Gasteiger charge is 2.05. The minimum Gasteiger partial charge on any atom is -0.324 e. The highest BCUT2D eigenvalue weighted by Crippen LogP contribution is 2.23. The molecule has 0 aliphatic carbocycles. The van der Waals surface area contributed by atoms with E-state index in [4.69, 9.17) is 11.6 Å². The largest absolute Gasteiger partial charge is 0.324 e. The first-order chi connectivity index (χ1) is 10.5. The second kappa shape index (κ2) is 8.32. The first-order valence-corrected chi connectivity index (χ1v) is 8.23. The third-order valence-corrected chi connectivity index (χ3v) is 4.10. The van der Waals surface area contributed by atoms with Crippen LogP contribution in [0.25, 0.3) is 0 Å². The second-order valence-corrected chi connectivity index (χ2v) is 6.38. The fourth-order valence-corrected chi connectivity index (χ4v) is 2.72. The Bertz CT molecular complexity index is 644. The van der Waals surface area contributed by atoms with Gasteiger partial charge in [-0.2, -0.15) is 0 Å². The Hall–Kier alpha value is -1.36. The lowest BCUT2D eigenvalue weighted by Crippen LogP contribution is -2.29. The highest BCUT2D eigenvalue weighted by molar-refractivity contribution is 9.10. The van der Waals surface area contributed by atoms with Gasteiger partial charge in [0, 0.05) is 9.50 Å². The fourth-order valence-electron chi connectivity index (χ4n) is 2.00. The molecule has 0 atom stereocenters. The summed E-state index contributed by atoms with van der Waals surface area (Å²) < 4.78 is 0.891. The maximum atomic E-state index is 11.9. The lowest BCUT2D eigenvalue weighted by molar-refractivity contribution is -0.115. The number of rotatable bonds is 6. The molecule has 2 aromatic rings. The summed E-state index contributed by atoms with van der Waals surface area (Å²) in [4.78, 5) is 11.9. The van der Waals surface area contributed by atoms with Crippen LogP contribution in [0.2, 0.25) is 5.02 Å². The number of halogens is 2. The summed E-state index contributed by atoms with van der Waals surface area (Å²) in [5.41, 5.74) is 3.12. The molecule has 0 aliphatic rings. The van der Waals surface area contributed by atoms with E-state index in [1.165, 1.54) is 5.56 Å². The standard InChI is InChI=1S/C17H18BrClN2O/c1-12-2-7-16(15(18)10-12)21-17(22)11-20-9-8-13-3-5-14(19)6-4-13/h2-7,10,20H,8-9,11H2,1H3,(H,21,22). The van der Waals surface area contributed by atoms with Gasteiger partial charge < -0.3 is 10.6 Å². The molecule has 22 heavy (non-hydrogen) atoms. The van der Waals surface area contributed by atoms with Crippen molar-refractivity contribution < 1.29 is 4.79 Å². The lowest BCUT2D eigenvalue weighted by Gasteiger charge is -2.09. The number of aryl methyl sites for hydroxylation is 1. The van der Waals surface area contributed by atoms with E-state index in [-0.39, 0.29) is 12.5 Å². The van der Waals surface area contributed by atoms with Crippen LogP contribution in [-0.2, 0) is 11.2 Å². The number of anilines is 1. The Kier molecular flexibility index (Phi) is 6.43. The number of carbonyl (C=O) groups is 1. The molecular formula is C17H18BrClN2O. The Labute approximate surface area is 144 Å². The zero-order chi connectivity index (χ0) is 15.9. The molecule has 0 saturated heterocycles. The Morgan fingerprint density at radius 1 is 1.18 bits per heavy atom. The molecule has 0 aromatic heterocycles. The molecule has 0 bridgehead atoms. The monoisotopic (exact) mass is 380 g/mol. The van der Waals surface area contributed by atoms with Crippen LogP contribution in [0, 0.1) is 6.92 Å². The normalized spacial score (nSPS) is 10.5. The van der Waals surface area contributed by atoms with Gasteiger partial charge in [0.2, 0.25) is 5.91 Å². The predicted octanol–water partition coefficient (Wildman–Crippen LogP) is 4.18. The van der Waals surface area contributed by atoms with Crippen LogP contribution in [0.1, 0.15) is 11.1 Å². The molecule has 0 unspecified atom stereocenters. The van der Waals surface area contributed by atoms with E-state index in [2.05, 4.69) is 26.6 Å². The molecule has 116 valence electrons. The first kappa shape index (κ1) is 17.0. The molecule has 2 aromatic carbocycles. The van der Waals surface area contributed by atoms with Gasteiger partial charge in [-0.05, 0) is 71.2 Å². The van der Waals surface area contributed by atoms with Crippen LogP contribution in [0.4, 0.5) is 5.69 Å². The van der Waals surface area contributed by atoms with Crippen LogP contribution in [-0.4, -0.2) is 19.0 Å². The molecule has 2 N–H and O–H groups in total. The quantitative estimate of drug-likeness (QED) is 0.737. The van der Waals surface area contributed by atoms with E-state index < -0.39 is 0 Å². The SMILES string of the molecule is Cc1ccc(NC(=O)CNCCc2ccc(Cl)cc2)c(Br)c1. The van der Waals surface area contributed by atoms with Crippen molar-refractivity contribution in [3.05, 3.63) is 63.1 Å². The van der Waals surface area contributed by atoms with E-state index in [0.29, 0.717) is 0 Å². The van der Waals surface area contributed by atoms with Gasteiger partial charge in [-0.3, -0.25) is 4.79 Å². The van der Waals surface area contributed by atoms with Gasteiger partial charge in [0.1, 0.15) is 0 Å². The first-order valence-electron chi connectivity index (χ1n) is 7.06. The summed E-state index contributed by atoms with van der Waals surface area (Å²) >= 11 is 9.29. The van der Waals surface area contributed by atoms with Crippen LogP contribution in [0.3, 0.4) is 0 Å². The van der Waals surface area contributed by atoms with Crippen molar-refractivity contribution in [1.82, 2.24) is 5.32 Å². The molecule has 0 fully saturated rings. The number of amides is 1. The van der Waals surface area contributed by atoms with Gasteiger partial charge >= 0.3 is 0 Å². The van der Waals surface area contributed by atoms with E-state index in [1.54, 1.807) is 0 Å². The Balaban J connectivity index is 1.72. The fraction of sp³-hybridized carbons (Fsp3) is 0.235. The third kappa shape index (κ3) is 5.44. The second-order valence-electron chi connectivity index (χ2n) is 5.08. The summed E-state index contributed by atoms with van der Waals surface area (Å²) in [6.07, 6.45) is 0.860. The zero-order valence-electron chi connectivity index (χ0n) is 12.3. The van der Waals surface area contributed by atoms with Gasteiger partial charge in [-0.1, -0.05) is 29.8 Å². The van der Waals surface area contributed by atoms with Crippen molar-refractivity contribution in [3.63, 3.8) is 0 Å². The van der Waals surface area contributed by atoms with Crippen molar-refractivity contribution in [3.8, 4) is 0 Å². The molecule has 3 nitrogen and oxygen atoms in total. The summed E-state index contributed by atoms with van der Waals surface area (Å²) in [6.45, 7) is 3.03. The van der Waals surface area contributed by atoms with Crippen molar-refractivity contribution in [2.75, 3.05) is 18.4 Å². The van der Waals surface area contributed by atoms with Crippen molar-refractivity contribution in [2.24, 2.45) is 0 Å². The van der Waals surface area contributed by atoms with E-state index in [9.17, 15) is 4.79 Å². The van der Waals surface area contributed by atoms with Crippen LogP contribution < -0.4 is 10.6 Å². The number of hydrogen-bond donors (Lipinski definition) is 2. The molecule has 2 rings (SSSR count). The predicted molar refractivity (Wildman–Crippen MR) is 95.5 cm³/mol. The van der Waals surface area contributed by atoms with Gasteiger partial charge in [0.15, 0.2) is 0 Å². The maximum Gasteiger partial charge on any atom is 0.238 e. The third-order valence-electron chi connectivity index (χ3n) is 3.19. The zero-order valence-corrected chi connectivity index (χ0v) is 14.7. The summed E-state index contributed by atoms with van der Waals surface area (Å²) in [5.74, 6) is -0.0549. The van der Waals surface area contributed by atoms with Gasteiger partial charge in [-0.25, -0.2) is 0 Å². The van der Waals surface area contributed by atoms with E-state index in [1.807, 2.05) is 49.4 Å². The summed E-state index contributed by atoms with van der Waals surface area (Å²) in [6, 6.07) is 13.6. The van der Waals surface area contributed by atoms with Crippen LogP contribution >= 0.6 is 27.5 Å². The average molecular weight is 382 g/mol. The Morgan fingerprint density at radius 2 is 1.91 bits per heavy atom. The number of carbonyl (C=O) groups excluding carboxylic acids is 1. The molecule has 0 spiro atoms. The average Bonchev–Trinajstić information content (AvgIpc) is 2.48. The number of nitrogens with one attached hydrogen (secondary N) is 2. The summed E-state index contributed by atoms with van der Waals surface area (Å²) in [7, 11) is 0. The highest BCUT2D eigenvalue weighted by atomic mass is 79.9. The topological polar surface area (TPSA) is 41.1 Å². The maximum absolute atomic E-state index is 11.9. The van der Waals surface area contributed by atoms with Gasteiger partial charge in [0.05, 0.1) is 12.2 Å². The lowest BCUT2D eigenvalue weighted by atomic mass is 10.1. The van der Waals surface area contributed by atoms with Crippen LogP contribution in [0.15, 0.2) is 46.9 Å². The van der Waals surface area contributed by atoms with Crippen molar-refractivity contribution in [2.45, 2.75) is 13.3 Å². The molecule has 0 radical (unpaired) electrons. The Morgan fingerprint density at radius 3 is 2.59 bits per heavy atom. The van der Waals surface area contributed by atoms with Crippen LogP contribution in [0.5, 0.6) is 0 Å². The van der Waals surface area contributed by atoms with Gasteiger partial charge in [0.25, 0.3) is 0 Å². The number of benzene rings is 2. The van der Waals surface area contributed by atoms with Crippen molar-refractivity contribution in [1.29, 1.82) is 0 Å². The van der Waals surface area contributed by atoms with Crippen molar-refractivity contribution >= 4 is 39.1 Å². The minimum atomic E-state index is -0.0549. The smallest absolute Gasteiger partial charge is 0.238 e. The molecular weight excluding hydrogens is 364 g/mol. The molecule has 0 saturated carbocycles. The minimum absolute atomic E-state index is 0.0549. The van der Waals surface area contributed by atoms with E-state index >= 15 is 0 Å². The molecule has 0 heterocycles. The van der Waals surface area contributed by atoms with E-state index in [0.717, 1.165) is 33.7 Å². The van der Waals surface area contributed by atoms with Gasteiger partial charge in [-0.15, -0.1) is 0 Å². The molecule has 5 heteroatoms.